The maximum Gasteiger partial charge on any atom is 0.246 e. The lowest BCUT2D eigenvalue weighted by Crippen LogP contribution is -2.52. The van der Waals surface area contributed by atoms with Crippen molar-refractivity contribution in [2.24, 2.45) is 0 Å². The summed E-state index contributed by atoms with van der Waals surface area (Å²) in [6, 6.07) is 0.606. The molecule has 0 spiro atoms. The number of ether oxygens (including phenoxy) is 1. The van der Waals surface area contributed by atoms with Crippen LogP contribution in [0.4, 0.5) is 0 Å². The molecule has 2 saturated carbocycles. The predicted octanol–water partition coefficient (Wildman–Crippen LogP) is 2.22. The Hall–Kier alpha value is -0.650. The van der Waals surface area contributed by atoms with Crippen LogP contribution in [0.3, 0.4) is 0 Å². The van der Waals surface area contributed by atoms with Gasteiger partial charge in [0.2, 0.25) is 5.91 Å². The fourth-order valence-corrected chi connectivity index (χ4v) is 4.59. The lowest BCUT2D eigenvalue weighted by Gasteiger charge is -2.41. The average Bonchev–Trinajstić information content (AvgIpc) is 2.62. The summed E-state index contributed by atoms with van der Waals surface area (Å²) in [5.41, 5.74) is 0. The van der Waals surface area contributed by atoms with E-state index in [9.17, 15) is 9.90 Å². The number of hydrogen-bond acceptors (Lipinski definition) is 4. The quantitative estimate of drug-likeness (QED) is 0.807. The fourth-order valence-electron chi connectivity index (χ4n) is 4.59. The number of aliphatic hydroxyl groups is 1. The SMILES string of the molecule is O=C(COC1CCCCC1)NC1CCN(C2CCCCC2O)CC1. The van der Waals surface area contributed by atoms with Crippen LogP contribution in [-0.4, -0.2) is 59.9 Å². The van der Waals surface area contributed by atoms with Gasteiger partial charge in [-0.25, -0.2) is 0 Å². The Bertz CT molecular complexity index is 390. The number of amides is 1. The van der Waals surface area contributed by atoms with Gasteiger partial charge in [0.1, 0.15) is 6.61 Å². The maximum atomic E-state index is 12.1. The number of hydrogen-bond donors (Lipinski definition) is 2. The topological polar surface area (TPSA) is 61.8 Å². The summed E-state index contributed by atoms with van der Waals surface area (Å²) in [7, 11) is 0. The second kappa shape index (κ2) is 9.16. The van der Waals surface area contributed by atoms with Gasteiger partial charge in [0.15, 0.2) is 0 Å². The van der Waals surface area contributed by atoms with Crippen LogP contribution in [0.5, 0.6) is 0 Å². The zero-order valence-electron chi connectivity index (χ0n) is 14.9. The largest absolute Gasteiger partial charge is 0.391 e. The van der Waals surface area contributed by atoms with E-state index in [0.717, 1.165) is 58.0 Å². The van der Waals surface area contributed by atoms with E-state index in [1.807, 2.05) is 0 Å². The van der Waals surface area contributed by atoms with E-state index < -0.39 is 0 Å². The molecule has 0 aromatic heterocycles. The molecule has 3 aliphatic rings. The van der Waals surface area contributed by atoms with Gasteiger partial charge in [0.05, 0.1) is 12.2 Å². The van der Waals surface area contributed by atoms with E-state index >= 15 is 0 Å². The number of aliphatic hydroxyl groups excluding tert-OH is 1. The molecular weight excluding hydrogens is 304 g/mol. The Morgan fingerprint density at radius 3 is 2.33 bits per heavy atom. The summed E-state index contributed by atoms with van der Waals surface area (Å²) < 4.78 is 5.76. The van der Waals surface area contributed by atoms with Crippen LogP contribution in [0, 0.1) is 0 Å². The van der Waals surface area contributed by atoms with Crippen molar-refractivity contribution in [3.05, 3.63) is 0 Å². The minimum absolute atomic E-state index is 0.0386. The normalized spacial score (nSPS) is 31.0. The Balaban J connectivity index is 1.33. The molecule has 24 heavy (non-hydrogen) atoms. The summed E-state index contributed by atoms with van der Waals surface area (Å²) >= 11 is 0. The second-order valence-electron chi connectivity index (χ2n) is 7.87. The van der Waals surface area contributed by atoms with E-state index in [0.29, 0.717) is 12.1 Å². The molecule has 0 aromatic rings. The molecule has 5 heteroatoms. The zero-order chi connectivity index (χ0) is 16.8. The second-order valence-corrected chi connectivity index (χ2v) is 7.87. The highest BCUT2D eigenvalue weighted by Crippen LogP contribution is 2.26. The van der Waals surface area contributed by atoms with Gasteiger partial charge in [-0.2, -0.15) is 0 Å². The number of likely N-dealkylation sites (tertiary alicyclic amines) is 1. The smallest absolute Gasteiger partial charge is 0.246 e. The molecule has 0 bridgehead atoms. The van der Waals surface area contributed by atoms with Crippen LogP contribution in [0.15, 0.2) is 0 Å². The molecule has 0 radical (unpaired) electrons. The van der Waals surface area contributed by atoms with Gasteiger partial charge in [-0.15, -0.1) is 0 Å². The van der Waals surface area contributed by atoms with Gasteiger partial charge in [-0.3, -0.25) is 9.69 Å². The van der Waals surface area contributed by atoms with E-state index in [1.165, 1.54) is 25.7 Å². The first-order valence-electron chi connectivity index (χ1n) is 10.1. The number of rotatable bonds is 5. The first-order chi connectivity index (χ1) is 11.7. The molecule has 3 fully saturated rings. The van der Waals surface area contributed by atoms with Crippen LogP contribution in [0.2, 0.25) is 0 Å². The third-order valence-electron chi connectivity index (χ3n) is 6.06. The van der Waals surface area contributed by atoms with Gasteiger partial charge in [-0.1, -0.05) is 32.1 Å². The Labute approximate surface area is 146 Å². The van der Waals surface area contributed by atoms with Crippen molar-refractivity contribution in [1.82, 2.24) is 10.2 Å². The van der Waals surface area contributed by atoms with Gasteiger partial charge in [0.25, 0.3) is 0 Å². The molecule has 5 nitrogen and oxygen atoms in total. The molecule has 2 aliphatic carbocycles. The molecule has 1 heterocycles. The first-order valence-corrected chi connectivity index (χ1v) is 10.1. The lowest BCUT2D eigenvalue weighted by atomic mass is 9.89. The monoisotopic (exact) mass is 338 g/mol. The highest BCUT2D eigenvalue weighted by Gasteiger charge is 2.31. The summed E-state index contributed by atoms with van der Waals surface area (Å²) in [6.07, 6.45) is 12.5. The Morgan fingerprint density at radius 1 is 0.958 bits per heavy atom. The highest BCUT2D eigenvalue weighted by molar-refractivity contribution is 5.77. The highest BCUT2D eigenvalue weighted by atomic mass is 16.5. The van der Waals surface area contributed by atoms with Crippen LogP contribution < -0.4 is 5.32 Å². The molecule has 138 valence electrons. The van der Waals surface area contributed by atoms with Crippen LogP contribution in [0.1, 0.15) is 70.6 Å². The van der Waals surface area contributed by atoms with E-state index in [1.54, 1.807) is 0 Å². The van der Waals surface area contributed by atoms with Crippen molar-refractivity contribution in [3.63, 3.8) is 0 Å². The number of nitrogens with one attached hydrogen (secondary N) is 1. The minimum Gasteiger partial charge on any atom is -0.391 e. The first kappa shape index (κ1) is 18.2. The fraction of sp³-hybridized carbons (Fsp3) is 0.947. The molecule has 1 aliphatic heterocycles. The summed E-state index contributed by atoms with van der Waals surface area (Å²) in [4.78, 5) is 14.5. The van der Waals surface area contributed by atoms with Crippen molar-refractivity contribution >= 4 is 5.91 Å². The Kier molecular flexibility index (Phi) is 6.93. The number of nitrogens with zero attached hydrogens (tertiary/aromatic N) is 1. The molecule has 3 rings (SSSR count). The molecule has 0 aromatic carbocycles. The molecule has 2 unspecified atom stereocenters. The Morgan fingerprint density at radius 2 is 1.62 bits per heavy atom. The molecule has 1 amide bonds. The summed E-state index contributed by atoms with van der Waals surface area (Å²) in [5, 5.41) is 13.3. The van der Waals surface area contributed by atoms with E-state index in [2.05, 4.69) is 10.2 Å². The van der Waals surface area contributed by atoms with Crippen LogP contribution >= 0.6 is 0 Å². The number of carbonyl (C=O) groups is 1. The number of carbonyl (C=O) groups excluding carboxylic acids is 1. The van der Waals surface area contributed by atoms with E-state index in [4.69, 9.17) is 4.74 Å². The zero-order valence-corrected chi connectivity index (χ0v) is 14.9. The molecular formula is C19H34N2O3. The molecule has 1 saturated heterocycles. The van der Waals surface area contributed by atoms with E-state index in [-0.39, 0.29) is 24.7 Å². The van der Waals surface area contributed by atoms with Crippen molar-refractivity contribution < 1.29 is 14.6 Å². The third-order valence-corrected chi connectivity index (χ3v) is 6.06. The van der Waals surface area contributed by atoms with Gasteiger partial charge in [-0.05, 0) is 38.5 Å². The van der Waals surface area contributed by atoms with Crippen LogP contribution in [-0.2, 0) is 9.53 Å². The lowest BCUT2D eigenvalue weighted by molar-refractivity contribution is -0.129. The van der Waals surface area contributed by atoms with Crippen molar-refractivity contribution in [2.45, 2.75) is 94.9 Å². The van der Waals surface area contributed by atoms with Gasteiger partial charge >= 0.3 is 0 Å². The van der Waals surface area contributed by atoms with Crippen molar-refractivity contribution in [1.29, 1.82) is 0 Å². The van der Waals surface area contributed by atoms with Gasteiger partial charge in [0, 0.05) is 25.2 Å². The van der Waals surface area contributed by atoms with Crippen molar-refractivity contribution in [3.8, 4) is 0 Å². The van der Waals surface area contributed by atoms with Crippen molar-refractivity contribution in [2.75, 3.05) is 19.7 Å². The van der Waals surface area contributed by atoms with Gasteiger partial charge < -0.3 is 15.2 Å². The molecule has 2 N–H and O–H groups in total. The number of piperidine rings is 1. The average molecular weight is 338 g/mol. The summed E-state index contributed by atoms with van der Waals surface area (Å²) in [6.45, 7) is 2.18. The summed E-state index contributed by atoms with van der Waals surface area (Å²) in [5.74, 6) is 0.0386. The predicted molar refractivity (Wildman–Crippen MR) is 93.8 cm³/mol. The third kappa shape index (κ3) is 5.17. The standard InChI is InChI=1S/C19H34N2O3/c22-18-9-5-4-8-17(18)21-12-10-15(11-13-21)20-19(23)14-24-16-6-2-1-3-7-16/h15-18,22H,1-14H2,(H,20,23). The maximum absolute atomic E-state index is 12.1. The van der Waals surface area contributed by atoms with Crippen LogP contribution in [0.25, 0.3) is 0 Å². The minimum atomic E-state index is -0.159. The molecule has 2 atom stereocenters.